The van der Waals surface area contributed by atoms with Gasteiger partial charge in [-0.05, 0) is 50.0 Å². The topological polar surface area (TPSA) is 67.2 Å². The standard InChI is InChI=1S/C15H25N3OS/c1-3-17-15(19)13-8-7-12(16)11-14(13)18-9-5-4-6-10-20-2/h7-8,11,18H,3-6,9-10,16H2,1-2H3,(H,17,19). The molecule has 0 aliphatic carbocycles. The highest BCUT2D eigenvalue weighted by atomic mass is 32.2. The van der Waals surface area contributed by atoms with Crippen LogP contribution in [0.3, 0.4) is 0 Å². The van der Waals surface area contributed by atoms with E-state index in [1.54, 1.807) is 12.1 Å². The van der Waals surface area contributed by atoms with E-state index in [2.05, 4.69) is 16.9 Å². The third-order valence-corrected chi connectivity index (χ3v) is 3.66. The molecule has 0 spiro atoms. The largest absolute Gasteiger partial charge is 0.399 e. The van der Waals surface area contributed by atoms with E-state index in [0.29, 0.717) is 17.8 Å². The zero-order valence-electron chi connectivity index (χ0n) is 12.4. The first-order valence-corrected chi connectivity index (χ1v) is 8.49. The Labute approximate surface area is 125 Å². The summed E-state index contributed by atoms with van der Waals surface area (Å²) in [6.45, 7) is 3.40. The maximum Gasteiger partial charge on any atom is 0.253 e. The molecule has 1 amide bonds. The van der Waals surface area contributed by atoms with Crippen molar-refractivity contribution in [2.24, 2.45) is 0 Å². The van der Waals surface area contributed by atoms with E-state index in [1.165, 1.54) is 18.6 Å². The lowest BCUT2D eigenvalue weighted by Gasteiger charge is -2.12. The molecule has 0 aliphatic rings. The molecule has 0 aromatic heterocycles. The van der Waals surface area contributed by atoms with Crippen LogP contribution in [0.15, 0.2) is 18.2 Å². The van der Waals surface area contributed by atoms with E-state index in [-0.39, 0.29) is 5.91 Å². The molecule has 0 radical (unpaired) electrons. The summed E-state index contributed by atoms with van der Waals surface area (Å²) in [5.41, 5.74) is 7.94. The lowest BCUT2D eigenvalue weighted by atomic mass is 10.1. The van der Waals surface area contributed by atoms with E-state index >= 15 is 0 Å². The smallest absolute Gasteiger partial charge is 0.253 e. The highest BCUT2D eigenvalue weighted by Crippen LogP contribution is 2.19. The summed E-state index contributed by atoms with van der Waals surface area (Å²) < 4.78 is 0. The number of nitrogens with one attached hydrogen (secondary N) is 2. The molecule has 4 N–H and O–H groups in total. The molecule has 0 unspecified atom stereocenters. The Bertz CT molecular complexity index is 424. The van der Waals surface area contributed by atoms with Crippen molar-refractivity contribution in [3.63, 3.8) is 0 Å². The van der Waals surface area contributed by atoms with Gasteiger partial charge in [0.25, 0.3) is 5.91 Å². The average molecular weight is 295 g/mol. The summed E-state index contributed by atoms with van der Waals surface area (Å²) in [6.07, 6.45) is 5.67. The lowest BCUT2D eigenvalue weighted by molar-refractivity contribution is 0.0956. The zero-order chi connectivity index (χ0) is 14.8. The molecule has 0 saturated heterocycles. The maximum atomic E-state index is 12.0. The van der Waals surface area contributed by atoms with E-state index in [0.717, 1.165) is 18.7 Å². The van der Waals surface area contributed by atoms with Gasteiger partial charge in [0.15, 0.2) is 0 Å². The van der Waals surface area contributed by atoms with Crippen molar-refractivity contribution in [1.29, 1.82) is 0 Å². The number of carbonyl (C=O) groups excluding carboxylic acids is 1. The van der Waals surface area contributed by atoms with Crippen molar-refractivity contribution >= 4 is 29.0 Å². The van der Waals surface area contributed by atoms with Gasteiger partial charge < -0.3 is 16.4 Å². The van der Waals surface area contributed by atoms with Gasteiger partial charge in [-0.2, -0.15) is 11.8 Å². The Kier molecular flexibility index (Phi) is 7.95. The first kappa shape index (κ1) is 16.7. The molecule has 20 heavy (non-hydrogen) atoms. The number of carbonyl (C=O) groups is 1. The normalized spacial score (nSPS) is 10.3. The number of anilines is 2. The van der Waals surface area contributed by atoms with Crippen LogP contribution in [0.4, 0.5) is 11.4 Å². The maximum absolute atomic E-state index is 12.0. The number of hydrogen-bond acceptors (Lipinski definition) is 4. The average Bonchev–Trinajstić information content (AvgIpc) is 2.43. The Morgan fingerprint density at radius 1 is 1.30 bits per heavy atom. The monoisotopic (exact) mass is 295 g/mol. The minimum atomic E-state index is -0.0580. The molecule has 1 rings (SSSR count). The quantitative estimate of drug-likeness (QED) is 0.484. The van der Waals surface area contributed by atoms with E-state index < -0.39 is 0 Å². The summed E-state index contributed by atoms with van der Waals surface area (Å²) in [7, 11) is 0. The van der Waals surface area contributed by atoms with Crippen LogP contribution in [0.5, 0.6) is 0 Å². The molecular formula is C15H25N3OS. The van der Waals surface area contributed by atoms with Crippen molar-refractivity contribution in [2.45, 2.75) is 26.2 Å². The SMILES string of the molecule is CCNC(=O)c1ccc(N)cc1NCCCCCSC. The van der Waals surface area contributed by atoms with Gasteiger partial charge in [0.05, 0.1) is 5.56 Å². The van der Waals surface area contributed by atoms with Crippen LogP contribution in [0.1, 0.15) is 36.5 Å². The number of rotatable bonds is 9. The van der Waals surface area contributed by atoms with Gasteiger partial charge in [0, 0.05) is 24.5 Å². The predicted octanol–water partition coefficient (Wildman–Crippen LogP) is 2.96. The minimum Gasteiger partial charge on any atom is -0.399 e. The van der Waals surface area contributed by atoms with Crippen LogP contribution in [-0.2, 0) is 0 Å². The molecule has 0 atom stereocenters. The molecule has 5 heteroatoms. The summed E-state index contributed by atoms with van der Waals surface area (Å²) >= 11 is 1.88. The Hall–Kier alpha value is -1.36. The summed E-state index contributed by atoms with van der Waals surface area (Å²) in [5, 5.41) is 6.14. The van der Waals surface area contributed by atoms with Gasteiger partial charge in [0.2, 0.25) is 0 Å². The van der Waals surface area contributed by atoms with E-state index in [4.69, 9.17) is 5.73 Å². The molecule has 0 bridgehead atoms. The van der Waals surface area contributed by atoms with E-state index in [1.807, 2.05) is 24.8 Å². The van der Waals surface area contributed by atoms with Gasteiger partial charge in [-0.1, -0.05) is 6.42 Å². The number of nitrogen functional groups attached to an aromatic ring is 1. The number of unbranched alkanes of at least 4 members (excludes halogenated alkanes) is 2. The molecule has 0 fully saturated rings. The number of amides is 1. The zero-order valence-corrected chi connectivity index (χ0v) is 13.2. The minimum absolute atomic E-state index is 0.0580. The van der Waals surface area contributed by atoms with Crippen LogP contribution < -0.4 is 16.4 Å². The lowest BCUT2D eigenvalue weighted by Crippen LogP contribution is -2.24. The van der Waals surface area contributed by atoms with Crippen molar-refractivity contribution < 1.29 is 4.79 Å². The van der Waals surface area contributed by atoms with Gasteiger partial charge in [-0.25, -0.2) is 0 Å². The van der Waals surface area contributed by atoms with Crippen LogP contribution >= 0.6 is 11.8 Å². The summed E-state index contributed by atoms with van der Waals surface area (Å²) in [5.74, 6) is 1.15. The molecule has 0 saturated carbocycles. The first-order chi connectivity index (χ1) is 9.69. The van der Waals surface area contributed by atoms with Crippen molar-refractivity contribution in [3.05, 3.63) is 23.8 Å². The fraction of sp³-hybridized carbons (Fsp3) is 0.533. The molecule has 112 valence electrons. The number of hydrogen-bond donors (Lipinski definition) is 3. The van der Waals surface area contributed by atoms with Gasteiger partial charge in [-0.3, -0.25) is 4.79 Å². The predicted molar refractivity (Wildman–Crippen MR) is 89.6 cm³/mol. The van der Waals surface area contributed by atoms with Crippen LogP contribution in [0.2, 0.25) is 0 Å². The summed E-state index contributed by atoms with van der Waals surface area (Å²) in [4.78, 5) is 12.0. The van der Waals surface area contributed by atoms with Gasteiger partial charge in [-0.15, -0.1) is 0 Å². The number of thioether (sulfide) groups is 1. The Balaban J connectivity index is 2.54. The van der Waals surface area contributed by atoms with Crippen LogP contribution in [0, 0.1) is 0 Å². The van der Waals surface area contributed by atoms with Gasteiger partial charge >= 0.3 is 0 Å². The molecule has 0 aliphatic heterocycles. The van der Waals surface area contributed by atoms with Crippen molar-refractivity contribution in [1.82, 2.24) is 5.32 Å². The second-order valence-corrected chi connectivity index (χ2v) is 5.63. The Morgan fingerprint density at radius 2 is 2.10 bits per heavy atom. The highest BCUT2D eigenvalue weighted by molar-refractivity contribution is 7.98. The molecule has 1 aromatic carbocycles. The van der Waals surface area contributed by atoms with Crippen LogP contribution in [-0.4, -0.2) is 31.0 Å². The molecule has 0 heterocycles. The summed E-state index contributed by atoms with van der Waals surface area (Å²) in [6, 6.07) is 5.36. The highest BCUT2D eigenvalue weighted by Gasteiger charge is 2.10. The fourth-order valence-electron chi connectivity index (χ4n) is 1.93. The second-order valence-electron chi connectivity index (χ2n) is 4.64. The molecule has 4 nitrogen and oxygen atoms in total. The fourth-order valence-corrected chi connectivity index (χ4v) is 2.43. The molecule has 1 aromatic rings. The van der Waals surface area contributed by atoms with Crippen molar-refractivity contribution in [2.75, 3.05) is 36.1 Å². The molecular weight excluding hydrogens is 270 g/mol. The third kappa shape index (κ3) is 5.74. The van der Waals surface area contributed by atoms with E-state index in [9.17, 15) is 4.79 Å². The first-order valence-electron chi connectivity index (χ1n) is 7.09. The third-order valence-electron chi connectivity index (χ3n) is 2.97. The van der Waals surface area contributed by atoms with Gasteiger partial charge in [0.1, 0.15) is 0 Å². The van der Waals surface area contributed by atoms with Crippen LogP contribution in [0.25, 0.3) is 0 Å². The second kappa shape index (κ2) is 9.53. The number of benzene rings is 1. The Morgan fingerprint density at radius 3 is 2.80 bits per heavy atom. The number of nitrogens with two attached hydrogens (primary N) is 1. The van der Waals surface area contributed by atoms with Crippen molar-refractivity contribution in [3.8, 4) is 0 Å².